The quantitative estimate of drug-likeness (QED) is 0.887. The molecule has 6 heteroatoms. The first-order chi connectivity index (χ1) is 11.6. The number of pyridine rings is 1. The molecule has 1 aliphatic carbocycles. The van der Waals surface area contributed by atoms with Crippen LogP contribution in [0.4, 0.5) is 0 Å². The molecule has 1 aromatic heterocycles. The summed E-state index contributed by atoms with van der Waals surface area (Å²) in [4.78, 5) is 21.1. The molecule has 2 saturated heterocycles. The summed E-state index contributed by atoms with van der Waals surface area (Å²) >= 11 is 6.13. The lowest BCUT2D eigenvalue weighted by molar-refractivity contribution is -0.000864. The highest BCUT2D eigenvalue weighted by molar-refractivity contribution is 6.33. The third-order valence-electron chi connectivity index (χ3n) is 6.01. The minimum Gasteiger partial charge on any atom is -0.391 e. The monoisotopic (exact) mass is 349 g/mol. The maximum Gasteiger partial charge on any atom is 0.255 e. The number of carbonyl (C=O) groups excluding carboxylic acids is 1. The predicted octanol–water partition coefficient (Wildman–Crippen LogP) is 2.04. The Labute approximate surface area is 147 Å². The Morgan fingerprint density at radius 1 is 1.21 bits per heavy atom. The lowest BCUT2D eigenvalue weighted by Crippen LogP contribution is -2.48. The molecule has 0 radical (unpaired) electrons. The first-order valence-electron chi connectivity index (χ1n) is 8.94. The van der Waals surface area contributed by atoms with Gasteiger partial charge in [-0.25, -0.2) is 0 Å². The van der Waals surface area contributed by atoms with Gasteiger partial charge in [-0.2, -0.15) is 0 Å². The van der Waals surface area contributed by atoms with Crippen LogP contribution in [-0.2, 0) is 0 Å². The third-order valence-corrected chi connectivity index (χ3v) is 6.31. The van der Waals surface area contributed by atoms with Crippen LogP contribution in [0.15, 0.2) is 18.5 Å². The molecule has 0 aromatic carbocycles. The lowest BCUT2D eigenvalue weighted by atomic mass is 9.77. The van der Waals surface area contributed by atoms with Gasteiger partial charge >= 0.3 is 0 Å². The Kier molecular flexibility index (Phi) is 4.50. The van der Waals surface area contributed by atoms with Gasteiger partial charge in [-0.3, -0.25) is 14.7 Å². The number of rotatable bonds is 2. The van der Waals surface area contributed by atoms with Crippen LogP contribution in [0.1, 0.15) is 36.0 Å². The van der Waals surface area contributed by atoms with E-state index in [0.29, 0.717) is 22.4 Å². The van der Waals surface area contributed by atoms with Gasteiger partial charge in [-0.15, -0.1) is 0 Å². The van der Waals surface area contributed by atoms with Crippen molar-refractivity contribution in [3.8, 4) is 0 Å². The van der Waals surface area contributed by atoms with E-state index in [1.165, 1.54) is 19.0 Å². The fourth-order valence-electron chi connectivity index (χ4n) is 4.76. The van der Waals surface area contributed by atoms with E-state index in [4.69, 9.17) is 11.6 Å². The molecule has 1 saturated carbocycles. The average molecular weight is 350 g/mol. The molecule has 5 nitrogen and oxygen atoms in total. The number of nitrogens with zero attached hydrogens (tertiary/aromatic N) is 3. The van der Waals surface area contributed by atoms with Crippen molar-refractivity contribution in [1.82, 2.24) is 14.8 Å². The molecular formula is C18H24ClN3O2. The highest BCUT2D eigenvalue weighted by atomic mass is 35.5. The molecule has 1 aromatic rings. The summed E-state index contributed by atoms with van der Waals surface area (Å²) in [5.41, 5.74) is 0.530. The number of hydrogen-bond acceptors (Lipinski definition) is 4. The van der Waals surface area contributed by atoms with Crippen molar-refractivity contribution in [2.24, 2.45) is 11.8 Å². The predicted molar refractivity (Wildman–Crippen MR) is 92.0 cm³/mol. The van der Waals surface area contributed by atoms with E-state index in [0.717, 1.165) is 39.0 Å². The fourth-order valence-corrected chi connectivity index (χ4v) is 4.96. The molecule has 1 amide bonds. The van der Waals surface area contributed by atoms with Crippen LogP contribution >= 0.6 is 11.6 Å². The van der Waals surface area contributed by atoms with E-state index in [1.54, 1.807) is 12.3 Å². The second-order valence-corrected chi connectivity index (χ2v) is 7.84. The summed E-state index contributed by atoms with van der Waals surface area (Å²) in [6, 6.07) is 1.96. The minimum atomic E-state index is -0.260. The van der Waals surface area contributed by atoms with Crippen LogP contribution < -0.4 is 0 Å². The van der Waals surface area contributed by atoms with Crippen LogP contribution in [0, 0.1) is 11.8 Å². The maximum absolute atomic E-state index is 12.8. The zero-order chi connectivity index (χ0) is 16.7. The highest BCUT2D eigenvalue weighted by Crippen LogP contribution is 2.39. The van der Waals surface area contributed by atoms with Gasteiger partial charge in [0.05, 0.1) is 16.7 Å². The van der Waals surface area contributed by atoms with E-state index in [9.17, 15) is 9.90 Å². The van der Waals surface area contributed by atoms with Crippen LogP contribution in [0.3, 0.4) is 0 Å². The minimum absolute atomic E-state index is 0.0102. The van der Waals surface area contributed by atoms with Crippen molar-refractivity contribution in [2.45, 2.75) is 37.8 Å². The smallest absolute Gasteiger partial charge is 0.255 e. The van der Waals surface area contributed by atoms with Crippen LogP contribution in [0.5, 0.6) is 0 Å². The van der Waals surface area contributed by atoms with Crippen LogP contribution in [0.25, 0.3) is 0 Å². The second kappa shape index (κ2) is 6.62. The topological polar surface area (TPSA) is 56.7 Å². The van der Waals surface area contributed by atoms with Crippen LogP contribution in [0.2, 0.25) is 5.02 Å². The number of carbonyl (C=O) groups is 1. The number of halogens is 1. The molecule has 3 fully saturated rings. The average Bonchev–Trinajstić information content (AvgIpc) is 3.23. The van der Waals surface area contributed by atoms with E-state index in [-0.39, 0.29) is 18.1 Å². The van der Waals surface area contributed by atoms with Gasteiger partial charge in [0.2, 0.25) is 0 Å². The number of hydrogen-bond donors (Lipinski definition) is 1. The first-order valence-corrected chi connectivity index (χ1v) is 9.32. The van der Waals surface area contributed by atoms with Crippen molar-refractivity contribution < 1.29 is 9.90 Å². The summed E-state index contributed by atoms with van der Waals surface area (Å²) in [6.45, 7) is 3.72. The van der Waals surface area contributed by atoms with Gasteiger partial charge in [-0.05, 0) is 56.7 Å². The van der Waals surface area contributed by atoms with Gasteiger partial charge in [0, 0.05) is 31.5 Å². The molecule has 1 N–H and O–H groups in total. The number of fused-ring (bicyclic) bond motifs is 1. The summed E-state index contributed by atoms with van der Waals surface area (Å²) in [5, 5.41) is 11.0. The van der Waals surface area contributed by atoms with Gasteiger partial charge in [0.25, 0.3) is 5.91 Å². The van der Waals surface area contributed by atoms with Crippen molar-refractivity contribution in [3.05, 3.63) is 29.0 Å². The lowest BCUT2D eigenvalue weighted by Gasteiger charge is -2.40. The Hall–Kier alpha value is -1.17. The highest BCUT2D eigenvalue weighted by Gasteiger charge is 2.45. The summed E-state index contributed by atoms with van der Waals surface area (Å²) < 4.78 is 0. The van der Waals surface area contributed by atoms with Gasteiger partial charge in [0.1, 0.15) is 0 Å². The summed E-state index contributed by atoms with van der Waals surface area (Å²) in [5.74, 6) is 0.885. The zero-order valence-corrected chi connectivity index (χ0v) is 14.5. The second-order valence-electron chi connectivity index (χ2n) is 7.43. The maximum atomic E-state index is 12.8. The molecule has 0 unspecified atom stereocenters. The van der Waals surface area contributed by atoms with E-state index >= 15 is 0 Å². The zero-order valence-electron chi connectivity index (χ0n) is 13.8. The van der Waals surface area contributed by atoms with Crippen LogP contribution in [-0.4, -0.2) is 64.1 Å². The molecule has 24 heavy (non-hydrogen) atoms. The molecule has 4 rings (SSSR count). The summed E-state index contributed by atoms with van der Waals surface area (Å²) in [6.07, 6.45) is 7.15. The van der Waals surface area contributed by atoms with Gasteiger partial charge < -0.3 is 10.0 Å². The molecule has 3 heterocycles. The number of amides is 1. The van der Waals surface area contributed by atoms with Gasteiger partial charge in [-0.1, -0.05) is 11.6 Å². The largest absolute Gasteiger partial charge is 0.391 e. The molecular weight excluding hydrogens is 326 g/mol. The molecule has 3 aliphatic rings. The SMILES string of the molecule is O=C(c1ccncc1Cl)N1C[C@H]2C[C@@H](N3CCCC3)[C@H](O)C[C@H]2C1. The van der Waals surface area contributed by atoms with Gasteiger partial charge in [0.15, 0.2) is 0 Å². The third kappa shape index (κ3) is 2.93. The van der Waals surface area contributed by atoms with E-state index in [2.05, 4.69) is 9.88 Å². The van der Waals surface area contributed by atoms with Crippen molar-refractivity contribution in [1.29, 1.82) is 0 Å². The summed E-state index contributed by atoms with van der Waals surface area (Å²) in [7, 11) is 0. The molecule has 0 bridgehead atoms. The Bertz CT molecular complexity index is 620. The number of aliphatic hydroxyl groups is 1. The normalized spacial score (nSPS) is 33.7. The number of aliphatic hydroxyl groups excluding tert-OH is 1. The Morgan fingerprint density at radius 2 is 1.92 bits per heavy atom. The van der Waals surface area contributed by atoms with E-state index < -0.39 is 0 Å². The number of likely N-dealkylation sites (tertiary alicyclic amines) is 2. The first kappa shape index (κ1) is 16.3. The molecule has 130 valence electrons. The Balaban J connectivity index is 1.46. The number of aromatic nitrogens is 1. The van der Waals surface area contributed by atoms with Crippen molar-refractivity contribution in [3.63, 3.8) is 0 Å². The van der Waals surface area contributed by atoms with Crippen molar-refractivity contribution >= 4 is 17.5 Å². The fraction of sp³-hybridized carbons (Fsp3) is 0.667. The molecule has 2 aliphatic heterocycles. The molecule has 4 atom stereocenters. The van der Waals surface area contributed by atoms with E-state index in [1.807, 2.05) is 4.90 Å². The van der Waals surface area contributed by atoms with Crippen molar-refractivity contribution in [2.75, 3.05) is 26.2 Å². The molecule has 0 spiro atoms. The Morgan fingerprint density at radius 3 is 2.62 bits per heavy atom. The standard InChI is InChI=1S/C18H24ClN3O2/c19-15-9-20-4-3-14(15)18(24)22-10-12-7-16(21-5-1-2-6-21)17(23)8-13(12)11-22/h3-4,9,12-13,16-17,23H,1-2,5-8,10-11H2/t12-,13+,16-,17-/m1/s1.